The molecule has 2 nitrogen and oxygen atoms in total. The van der Waals surface area contributed by atoms with Gasteiger partial charge in [0.1, 0.15) is 5.60 Å². The van der Waals surface area contributed by atoms with Crippen molar-refractivity contribution in [3.63, 3.8) is 0 Å². The second kappa shape index (κ2) is 11.4. The van der Waals surface area contributed by atoms with E-state index in [1.54, 1.807) is 0 Å². The fourth-order valence-electron chi connectivity index (χ4n) is 4.14. The highest BCUT2D eigenvalue weighted by atomic mass is 16.5. The molecule has 4 rings (SSSR count). The zero-order valence-electron chi connectivity index (χ0n) is 18.8. The molecule has 0 saturated heterocycles. The Morgan fingerprint density at radius 3 is 1.48 bits per heavy atom. The molecular formula is C31H30O2. The molecule has 0 spiro atoms. The molecule has 0 heterocycles. The number of ether oxygens (including phenoxy) is 2. The van der Waals surface area contributed by atoms with Crippen LogP contribution in [0.25, 0.3) is 0 Å². The van der Waals surface area contributed by atoms with Crippen LogP contribution in [0.1, 0.15) is 28.7 Å². The Kier molecular flexibility index (Phi) is 7.86. The molecule has 0 unspecified atom stereocenters. The van der Waals surface area contributed by atoms with E-state index in [-0.39, 0.29) is 6.10 Å². The second-order valence-electron chi connectivity index (χ2n) is 7.99. The third kappa shape index (κ3) is 5.48. The molecule has 2 heteroatoms. The van der Waals surface area contributed by atoms with E-state index in [9.17, 15) is 0 Å². The third-order valence-corrected chi connectivity index (χ3v) is 5.83. The maximum absolute atomic E-state index is 6.84. The summed E-state index contributed by atoms with van der Waals surface area (Å²) in [5.74, 6) is 0. The van der Waals surface area contributed by atoms with Crippen LogP contribution >= 0.6 is 0 Å². The van der Waals surface area contributed by atoms with Crippen LogP contribution in [-0.4, -0.2) is 12.7 Å². The molecule has 0 fully saturated rings. The second-order valence-corrected chi connectivity index (χ2v) is 7.99. The summed E-state index contributed by atoms with van der Waals surface area (Å²) in [6.45, 7) is 5.05. The topological polar surface area (TPSA) is 18.5 Å². The minimum Gasteiger partial charge on any atom is -0.369 e. The van der Waals surface area contributed by atoms with Crippen LogP contribution in [0.5, 0.6) is 0 Å². The van der Waals surface area contributed by atoms with E-state index in [0.717, 1.165) is 22.3 Å². The first kappa shape index (κ1) is 22.7. The predicted molar refractivity (Wildman–Crippen MR) is 135 cm³/mol. The Hall–Kier alpha value is -3.46. The minimum atomic E-state index is -0.713. The normalized spacial score (nSPS) is 12.2. The van der Waals surface area contributed by atoms with Crippen molar-refractivity contribution in [2.75, 3.05) is 6.61 Å². The largest absolute Gasteiger partial charge is 0.369 e. The quantitative estimate of drug-likeness (QED) is 0.184. The van der Waals surface area contributed by atoms with Crippen molar-refractivity contribution in [1.82, 2.24) is 0 Å². The summed E-state index contributed by atoms with van der Waals surface area (Å²) in [7, 11) is 0. The van der Waals surface area contributed by atoms with Gasteiger partial charge in [0.2, 0.25) is 0 Å². The monoisotopic (exact) mass is 434 g/mol. The lowest BCUT2D eigenvalue weighted by molar-refractivity contribution is -0.0154. The molecule has 0 aliphatic rings. The van der Waals surface area contributed by atoms with E-state index < -0.39 is 5.60 Å². The Balaban J connectivity index is 1.59. The molecular weight excluding hydrogens is 404 g/mol. The molecule has 166 valence electrons. The molecule has 0 aliphatic heterocycles. The highest BCUT2D eigenvalue weighted by Crippen LogP contribution is 2.40. The van der Waals surface area contributed by atoms with E-state index in [1.165, 1.54) is 0 Å². The molecule has 0 aromatic heterocycles. The van der Waals surface area contributed by atoms with E-state index in [0.29, 0.717) is 19.6 Å². The lowest BCUT2D eigenvalue weighted by Gasteiger charge is -2.36. The van der Waals surface area contributed by atoms with Crippen molar-refractivity contribution < 1.29 is 9.47 Å². The summed E-state index contributed by atoms with van der Waals surface area (Å²) in [4.78, 5) is 0. The molecule has 0 amide bonds. The number of hydrogen-bond acceptors (Lipinski definition) is 2. The van der Waals surface area contributed by atoms with Gasteiger partial charge >= 0.3 is 0 Å². The Morgan fingerprint density at radius 2 is 1.06 bits per heavy atom. The Morgan fingerprint density at radius 1 is 0.636 bits per heavy atom. The maximum atomic E-state index is 6.84. The number of hydrogen-bond donors (Lipinski definition) is 0. The third-order valence-electron chi connectivity index (χ3n) is 5.83. The van der Waals surface area contributed by atoms with E-state index in [4.69, 9.17) is 9.47 Å². The standard InChI is InChI=1S/C31H30O2/c1-2-30(32-25-26-15-7-3-8-16-26)23-24-33-31(27-17-9-4-10-18-27,28-19-11-5-12-20-28)29-21-13-6-14-22-29/h2-22,30H,1,23-25H2/t30-/m1/s1. The summed E-state index contributed by atoms with van der Waals surface area (Å²) in [6.07, 6.45) is 2.48. The zero-order valence-corrected chi connectivity index (χ0v) is 18.8. The molecule has 33 heavy (non-hydrogen) atoms. The molecule has 0 saturated carbocycles. The van der Waals surface area contributed by atoms with Gasteiger partial charge in [0.25, 0.3) is 0 Å². The highest BCUT2D eigenvalue weighted by molar-refractivity contribution is 5.47. The summed E-state index contributed by atoms with van der Waals surface area (Å²) in [5, 5.41) is 0. The van der Waals surface area contributed by atoms with Crippen molar-refractivity contribution >= 4 is 0 Å². The van der Waals surface area contributed by atoms with Gasteiger partial charge in [-0.05, 0) is 22.3 Å². The first-order valence-electron chi connectivity index (χ1n) is 11.4. The van der Waals surface area contributed by atoms with E-state index in [2.05, 4.69) is 91.5 Å². The van der Waals surface area contributed by atoms with Gasteiger partial charge < -0.3 is 9.47 Å². The van der Waals surface area contributed by atoms with Crippen LogP contribution in [0.2, 0.25) is 0 Å². The molecule has 0 radical (unpaired) electrons. The van der Waals surface area contributed by atoms with E-state index in [1.807, 2.05) is 42.5 Å². The summed E-state index contributed by atoms with van der Waals surface area (Å²) in [5.41, 5.74) is 3.74. The molecule has 1 atom stereocenters. The number of rotatable bonds is 11. The van der Waals surface area contributed by atoms with Crippen molar-refractivity contribution in [3.8, 4) is 0 Å². The molecule has 4 aromatic rings. The van der Waals surface area contributed by atoms with Crippen LogP contribution in [0.4, 0.5) is 0 Å². The first-order valence-corrected chi connectivity index (χ1v) is 11.4. The van der Waals surface area contributed by atoms with Gasteiger partial charge in [-0.15, -0.1) is 6.58 Å². The number of benzene rings is 4. The minimum absolute atomic E-state index is 0.0924. The van der Waals surface area contributed by atoms with Crippen molar-refractivity contribution in [2.45, 2.75) is 24.7 Å². The smallest absolute Gasteiger partial charge is 0.143 e. The van der Waals surface area contributed by atoms with Gasteiger partial charge in [-0.2, -0.15) is 0 Å². The summed E-state index contributed by atoms with van der Waals surface area (Å²) < 4.78 is 13.0. The highest BCUT2D eigenvalue weighted by Gasteiger charge is 2.37. The van der Waals surface area contributed by atoms with Crippen molar-refractivity contribution in [1.29, 1.82) is 0 Å². The van der Waals surface area contributed by atoms with Crippen LogP contribution < -0.4 is 0 Å². The fourth-order valence-corrected chi connectivity index (χ4v) is 4.14. The van der Waals surface area contributed by atoms with Crippen molar-refractivity contribution in [3.05, 3.63) is 156 Å². The lowest BCUT2D eigenvalue weighted by Crippen LogP contribution is -2.34. The predicted octanol–water partition coefficient (Wildman–Crippen LogP) is 7.16. The van der Waals surface area contributed by atoms with Crippen LogP contribution in [0, 0.1) is 0 Å². The Labute approximate surface area is 197 Å². The van der Waals surface area contributed by atoms with Gasteiger partial charge in [-0.3, -0.25) is 0 Å². The zero-order chi connectivity index (χ0) is 22.8. The van der Waals surface area contributed by atoms with Gasteiger partial charge in [0, 0.05) is 6.42 Å². The average Bonchev–Trinajstić information content (AvgIpc) is 2.91. The molecule has 0 N–H and O–H groups in total. The molecule has 0 aliphatic carbocycles. The molecule has 0 bridgehead atoms. The van der Waals surface area contributed by atoms with Gasteiger partial charge in [0.15, 0.2) is 0 Å². The van der Waals surface area contributed by atoms with Crippen LogP contribution in [0.3, 0.4) is 0 Å². The van der Waals surface area contributed by atoms with Gasteiger partial charge in [0.05, 0.1) is 19.3 Å². The average molecular weight is 435 g/mol. The van der Waals surface area contributed by atoms with Crippen molar-refractivity contribution in [2.24, 2.45) is 0 Å². The summed E-state index contributed by atoms with van der Waals surface area (Å²) >= 11 is 0. The first-order chi connectivity index (χ1) is 16.3. The van der Waals surface area contributed by atoms with E-state index >= 15 is 0 Å². The van der Waals surface area contributed by atoms with Crippen LogP contribution in [-0.2, 0) is 21.7 Å². The molecule has 4 aromatic carbocycles. The fraction of sp³-hybridized carbons (Fsp3) is 0.161. The Bertz CT molecular complexity index is 996. The maximum Gasteiger partial charge on any atom is 0.143 e. The van der Waals surface area contributed by atoms with Crippen LogP contribution in [0.15, 0.2) is 134 Å². The lowest BCUT2D eigenvalue weighted by atomic mass is 9.80. The van der Waals surface area contributed by atoms with Gasteiger partial charge in [-0.1, -0.05) is 127 Å². The SMILES string of the molecule is C=C[C@H](CCOC(c1ccccc1)(c1ccccc1)c1ccccc1)OCc1ccccc1. The summed E-state index contributed by atoms with van der Waals surface area (Å²) in [6, 6.07) is 41.5. The van der Waals surface area contributed by atoms with Gasteiger partial charge in [-0.25, -0.2) is 0 Å².